The third kappa shape index (κ3) is 3.14. The molecular formula is C19H24N4O2. The van der Waals surface area contributed by atoms with E-state index in [0.29, 0.717) is 0 Å². The second-order valence-electron chi connectivity index (χ2n) is 6.88. The number of amides is 1. The van der Waals surface area contributed by atoms with Crippen molar-refractivity contribution in [3.05, 3.63) is 46.8 Å². The molecule has 1 fully saturated rings. The van der Waals surface area contributed by atoms with Crippen LogP contribution in [0, 0.1) is 6.92 Å². The Labute approximate surface area is 148 Å². The van der Waals surface area contributed by atoms with Crippen molar-refractivity contribution < 1.29 is 9.53 Å². The van der Waals surface area contributed by atoms with E-state index in [-0.39, 0.29) is 5.91 Å². The maximum Gasteiger partial charge on any atom is 0.257 e. The third-order valence-electron chi connectivity index (χ3n) is 5.29. The van der Waals surface area contributed by atoms with Crippen LogP contribution in [0.25, 0.3) is 0 Å². The standard InChI is InChI=1S/C19H24N4O2/c1-14-17(12-20-21(14)2)19(24)23-8-6-22(7-9-23)13-15-3-4-18-16(11-15)5-10-25-18/h3-4,11-12H,5-10,13H2,1-2H3. The van der Waals surface area contributed by atoms with Gasteiger partial charge in [0.15, 0.2) is 0 Å². The molecule has 2 aliphatic rings. The molecule has 25 heavy (non-hydrogen) atoms. The molecule has 2 aliphatic heterocycles. The van der Waals surface area contributed by atoms with Gasteiger partial charge in [-0.05, 0) is 24.1 Å². The molecule has 0 bridgehead atoms. The maximum atomic E-state index is 12.7. The molecule has 0 spiro atoms. The van der Waals surface area contributed by atoms with Gasteiger partial charge in [0, 0.05) is 51.9 Å². The Kier molecular flexibility index (Phi) is 4.21. The molecule has 4 rings (SSSR count). The van der Waals surface area contributed by atoms with Crippen molar-refractivity contribution in [1.82, 2.24) is 19.6 Å². The average molecular weight is 340 g/mol. The zero-order chi connectivity index (χ0) is 17.4. The quantitative estimate of drug-likeness (QED) is 0.852. The summed E-state index contributed by atoms with van der Waals surface area (Å²) in [6, 6.07) is 6.50. The summed E-state index contributed by atoms with van der Waals surface area (Å²) >= 11 is 0. The number of ether oxygens (including phenoxy) is 1. The number of hydrogen-bond donors (Lipinski definition) is 0. The lowest BCUT2D eigenvalue weighted by Gasteiger charge is -2.34. The first-order valence-corrected chi connectivity index (χ1v) is 8.86. The van der Waals surface area contributed by atoms with Crippen molar-refractivity contribution in [3.8, 4) is 5.75 Å². The summed E-state index contributed by atoms with van der Waals surface area (Å²) in [5.41, 5.74) is 4.29. The summed E-state index contributed by atoms with van der Waals surface area (Å²) in [6.07, 6.45) is 2.69. The van der Waals surface area contributed by atoms with E-state index in [1.807, 2.05) is 18.9 Å². The minimum Gasteiger partial charge on any atom is -0.493 e. The number of benzene rings is 1. The first-order valence-electron chi connectivity index (χ1n) is 8.86. The highest BCUT2D eigenvalue weighted by Crippen LogP contribution is 2.26. The molecule has 2 aromatic rings. The molecule has 1 amide bonds. The minimum atomic E-state index is 0.0972. The van der Waals surface area contributed by atoms with Crippen LogP contribution in [0.2, 0.25) is 0 Å². The number of nitrogens with zero attached hydrogens (tertiary/aromatic N) is 4. The lowest BCUT2D eigenvalue weighted by molar-refractivity contribution is 0.0627. The molecule has 0 atom stereocenters. The summed E-state index contributed by atoms with van der Waals surface area (Å²) in [4.78, 5) is 17.0. The fraction of sp³-hybridized carbons (Fsp3) is 0.474. The van der Waals surface area contributed by atoms with E-state index in [2.05, 4.69) is 28.2 Å². The smallest absolute Gasteiger partial charge is 0.257 e. The predicted molar refractivity (Wildman–Crippen MR) is 94.8 cm³/mol. The van der Waals surface area contributed by atoms with Crippen LogP contribution in [0.15, 0.2) is 24.4 Å². The van der Waals surface area contributed by atoms with Crippen molar-refractivity contribution in [2.45, 2.75) is 19.9 Å². The molecular weight excluding hydrogens is 316 g/mol. The predicted octanol–water partition coefficient (Wildman–Crippen LogP) is 1.62. The number of hydrogen-bond acceptors (Lipinski definition) is 4. The zero-order valence-corrected chi connectivity index (χ0v) is 14.9. The molecule has 1 saturated heterocycles. The Morgan fingerprint density at radius 1 is 1.24 bits per heavy atom. The SMILES string of the molecule is Cc1c(C(=O)N2CCN(Cc3ccc4c(c3)CCO4)CC2)cnn1C. The van der Waals surface area contributed by atoms with Crippen LogP contribution in [-0.4, -0.2) is 58.3 Å². The summed E-state index contributed by atoms with van der Waals surface area (Å²) in [7, 11) is 1.87. The van der Waals surface area contributed by atoms with E-state index < -0.39 is 0 Å². The van der Waals surface area contributed by atoms with Gasteiger partial charge in [-0.2, -0.15) is 5.10 Å². The third-order valence-corrected chi connectivity index (χ3v) is 5.29. The second-order valence-corrected chi connectivity index (χ2v) is 6.88. The van der Waals surface area contributed by atoms with Crippen LogP contribution >= 0.6 is 0 Å². The molecule has 132 valence electrons. The monoisotopic (exact) mass is 340 g/mol. The Balaban J connectivity index is 1.35. The van der Waals surface area contributed by atoms with Crippen molar-refractivity contribution in [2.24, 2.45) is 7.05 Å². The number of aromatic nitrogens is 2. The van der Waals surface area contributed by atoms with Crippen LogP contribution in [0.4, 0.5) is 0 Å². The van der Waals surface area contributed by atoms with Crippen LogP contribution < -0.4 is 4.74 Å². The highest BCUT2D eigenvalue weighted by atomic mass is 16.5. The van der Waals surface area contributed by atoms with Crippen molar-refractivity contribution in [3.63, 3.8) is 0 Å². The van der Waals surface area contributed by atoms with Gasteiger partial charge < -0.3 is 9.64 Å². The van der Waals surface area contributed by atoms with Gasteiger partial charge in [-0.25, -0.2) is 0 Å². The number of aryl methyl sites for hydroxylation is 1. The molecule has 6 heteroatoms. The van der Waals surface area contributed by atoms with Crippen molar-refractivity contribution in [2.75, 3.05) is 32.8 Å². The topological polar surface area (TPSA) is 50.6 Å². The average Bonchev–Trinajstić information content (AvgIpc) is 3.22. The molecule has 0 N–H and O–H groups in total. The van der Waals surface area contributed by atoms with E-state index in [1.165, 1.54) is 11.1 Å². The fourth-order valence-corrected chi connectivity index (χ4v) is 3.58. The molecule has 0 radical (unpaired) electrons. The van der Waals surface area contributed by atoms with E-state index in [0.717, 1.165) is 62.8 Å². The van der Waals surface area contributed by atoms with Gasteiger partial charge >= 0.3 is 0 Å². The van der Waals surface area contributed by atoms with Crippen LogP contribution in [0.5, 0.6) is 5.75 Å². The second kappa shape index (κ2) is 6.52. The van der Waals surface area contributed by atoms with Gasteiger partial charge in [-0.15, -0.1) is 0 Å². The van der Waals surface area contributed by atoms with E-state index in [9.17, 15) is 4.79 Å². The van der Waals surface area contributed by atoms with E-state index in [4.69, 9.17) is 4.74 Å². The van der Waals surface area contributed by atoms with E-state index in [1.54, 1.807) is 10.9 Å². The van der Waals surface area contributed by atoms with Gasteiger partial charge in [0.25, 0.3) is 5.91 Å². The number of carbonyl (C=O) groups excluding carboxylic acids is 1. The van der Waals surface area contributed by atoms with Gasteiger partial charge in [0.1, 0.15) is 5.75 Å². The molecule has 0 saturated carbocycles. The summed E-state index contributed by atoms with van der Waals surface area (Å²) in [5, 5.41) is 4.18. The van der Waals surface area contributed by atoms with Gasteiger partial charge in [0.2, 0.25) is 0 Å². The molecule has 6 nitrogen and oxygen atoms in total. The van der Waals surface area contributed by atoms with Crippen LogP contribution in [0.3, 0.4) is 0 Å². The number of rotatable bonds is 3. The Hall–Kier alpha value is -2.34. The van der Waals surface area contributed by atoms with Crippen molar-refractivity contribution >= 4 is 5.91 Å². The molecule has 1 aromatic carbocycles. The highest BCUT2D eigenvalue weighted by molar-refractivity contribution is 5.95. The first-order chi connectivity index (χ1) is 12.1. The summed E-state index contributed by atoms with van der Waals surface area (Å²) in [6.45, 7) is 7.00. The Bertz CT molecular complexity index is 791. The lowest BCUT2D eigenvalue weighted by Crippen LogP contribution is -2.48. The Morgan fingerprint density at radius 2 is 2.04 bits per heavy atom. The molecule has 3 heterocycles. The Morgan fingerprint density at radius 3 is 2.76 bits per heavy atom. The van der Waals surface area contributed by atoms with Crippen LogP contribution in [-0.2, 0) is 20.0 Å². The van der Waals surface area contributed by atoms with E-state index >= 15 is 0 Å². The number of carbonyl (C=O) groups is 1. The fourth-order valence-electron chi connectivity index (χ4n) is 3.58. The largest absolute Gasteiger partial charge is 0.493 e. The first kappa shape index (κ1) is 16.1. The maximum absolute atomic E-state index is 12.7. The highest BCUT2D eigenvalue weighted by Gasteiger charge is 2.24. The normalized spacial score (nSPS) is 17.4. The van der Waals surface area contributed by atoms with Gasteiger partial charge in [-0.1, -0.05) is 12.1 Å². The van der Waals surface area contributed by atoms with Crippen molar-refractivity contribution in [1.29, 1.82) is 0 Å². The summed E-state index contributed by atoms with van der Waals surface area (Å²) < 4.78 is 7.32. The number of piperazine rings is 1. The molecule has 1 aromatic heterocycles. The zero-order valence-electron chi connectivity index (χ0n) is 14.9. The number of fused-ring (bicyclic) bond motifs is 1. The van der Waals surface area contributed by atoms with Crippen LogP contribution in [0.1, 0.15) is 27.2 Å². The lowest BCUT2D eigenvalue weighted by atomic mass is 10.1. The molecule has 0 unspecified atom stereocenters. The van der Waals surface area contributed by atoms with Gasteiger partial charge in [0.05, 0.1) is 18.4 Å². The molecule has 0 aliphatic carbocycles. The minimum absolute atomic E-state index is 0.0972. The summed E-state index contributed by atoms with van der Waals surface area (Å²) in [5.74, 6) is 1.13. The van der Waals surface area contributed by atoms with Gasteiger partial charge in [-0.3, -0.25) is 14.4 Å².